The number of aromatic nitrogens is 3. The van der Waals surface area contributed by atoms with Crippen LogP contribution in [0.25, 0.3) is 0 Å². The van der Waals surface area contributed by atoms with Crippen LogP contribution in [0, 0.1) is 0 Å². The Morgan fingerprint density at radius 1 is 1.67 bits per heavy atom. The van der Waals surface area contributed by atoms with Crippen LogP contribution in [0.1, 0.15) is 12.1 Å². The number of nitrogens with two attached hydrogens (primary N) is 1. The van der Waals surface area contributed by atoms with Gasteiger partial charge >= 0.3 is 0 Å². The first-order valence-electron chi connectivity index (χ1n) is 4.09. The van der Waals surface area contributed by atoms with Crippen molar-refractivity contribution >= 4 is 0 Å². The Kier molecular flexibility index (Phi) is 3.69. The molecule has 68 valence electrons. The third-order valence-electron chi connectivity index (χ3n) is 1.51. The molecule has 0 bridgehead atoms. The number of nitrogens with one attached hydrogen (secondary N) is 1. The van der Waals surface area contributed by atoms with Gasteiger partial charge in [-0.05, 0) is 19.5 Å². The average molecular weight is 169 g/mol. The maximum atomic E-state index is 5.34. The zero-order valence-corrected chi connectivity index (χ0v) is 7.32. The summed E-state index contributed by atoms with van der Waals surface area (Å²) in [5, 5.41) is 11.0. The lowest BCUT2D eigenvalue weighted by molar-refractivity contribution is 0.644. The number of hydrogen-bond donors (Lipinski definition) is 2. The Bertz CT molecular complexity index is 219. The lowest BCUT2D eigenvalue weighted by atomic mass is 10.4. The van der Waals surface area contributed by atoms with Crippen molar-refractivity contribution < 1.29 is 0 Å². The standard InChI is InChI=1S/C7H15N5/c1-12-6-7(10-11-12)5-9-4-2-3-8/h6,9H,2-5,8H2,1H3. The second-order valence-corrected chi connectivity index (χ2v) is 2.70. The molecule has 1 aromatic rings. The molecule has 0 unspecified atom stereocenters. The zero-order valence-electron chi connectivity index (χ0n) is 7.32. The second kappa shape index (κ2) is 4.84. The van der Waals surface area contributed by atoms with Crippen molar-refractivity contribution in [2.24, 2.45) is 12.8 Å². The van der Waals surface area contributed by atoms with E-state index in [1.807, 2.05) is 13.2 Å². The molecule has 1 rings (SSSR count). The van der Waals surface area contributed by atoms with Crippen molar-refractivity contribution in [2.45, 2.75) is 13.0 Å². The lowest BCUT2D eigenvalue weighted by Crippen LogP contribution is -2.17. The maximum absolute atomic E-state index is 5.34. The van der Waals surface area contributed by atoms with Crippen molar-refractivity contribution in [3.05, 3.63) is 11.9 Å². The Morgan fingerprint density at radius 2 is 2.50 bits per heavy atom. The first kappa shape index (κ1) is 9.15. The van der Waals surface area contributed by atoms with Gasteiger partial charge in [0.25, 0.3) is 0 Å². The normalized spacial score (nSPS) is 10.5. The van der Waals surface area contributed by atoms with Crippen molar-refractivity contribution in [3.8, 4) is 0 Å². The summed E-state index contributed by atoms with van der Waals surface area (Å²) in [7, 11) is 1.86. The highest BCUT2D eigenvalue weighted by Crippen LogP contribution is 1.89. The maximum Gasteiger partial charge on any atom is 0.0964 e. The molecule has 0 saturated carbocycles. The SMILES string of the molecule is Cn1cc(CNCCCN)nn1. The highest BCUT2D eigenvalue weighted by molar-refractivity contribution is 4.90. The van der Waals surface area contributed by atoms with Crippen LogP contribution in [0.2, 0.25) is 0 Å². The first-order valence-corrected chi connectivity index (χ1v) is 4.09. The molecular formula is C7H15N5. The lowest BCUT2D eigenvalue weighted by Gasteiger charge is -1.98. The van der Waals surface area contributed by atoms with Gasteiger partial charge in [-0.25, -0.2) is 0 Å². The molecule has 5 nitrogen and oxygen atoms in total. The van der Waals surface area contributed by atoms with E-state index in [1.54, 1.807) is 4.68 Å². The van der Waals surface area contributed by atoms with Gasteiger partial charge in [0.1, 0.15) is 0 Å². The fraction of sp³-hybridized carbons (Fsp3) is 0.714. The summed E-state index contributed by atoms with van der Waals surface area (Å²) in [4.78, 5) is 0. The molecule has 0 aliphatic carbocycles. The van der Waals surface area contributed by atoms with E-state index in [-0.39, 0.29) is 0 Å². The van der Waals surface area contributed by atoms with Crippen LogP contribution in [-0.4, -0.2) is 28.1 Å². The first-order chi connectivity index (χ1) is 5.83. The summed E-state index contributed by atoms with van der Waals surface area (Å²) in [5.41, 5.74) is 6.31. The van der Waals surface area contributed by atoms with Crippen molar-refractivity contribution in [3.63, 3.8) is 0 Å². The van der Waals surface area contributed by atoms with Crippen LogP contribution in [0.5, 0.6) is 0 Å². The van der Waals surface area contributed by atoms with Gasteiger partial charge in [-0.15, -0.1) is 5.10 Å². The second-order valence-electron chi connectivity index (χ2n) is 2.70. The minimum atomic E-state index is 0.730. The van der Waals surface area contributed by atoms with Crippen molar-refractivity contribution in [1.82, 2.24) is 20.3 Å². The molecule has 0 radical (unpaired) electrons. The predicted molar refractivity (Wildman–Crippen MR) is 46.4 cm³/mol. The van der Waals surface area contributed by atoms with Crippen LogP contribution >= 0.6 is 0 Å². The Labute approximate surface area is 71.9 Å². The van der Waals surface area contributed by atoms with Gasteiger partial charge in [-0.3, -0.25) is 4.68 Å². The van der Waals surface area contributed by atoms with E-state index < -0.39 is 0 Å². The number of hydrogen-bond acceptors (Lipinski definition) is 4. The monoisotopic (exact) mass is 169 g/mol. The minimum Gasteiger partial charge on any atom is -0.330 e. The molecule has 0 aliphatic heterocycles. The Hall–Kier alpha value is -0.940. The van der Waals surface area contributed by atoms with Crippen LogP contribution in [0.4, 0.5) is 0 Å². The van der Waals surface area contributed by atoms with Crippen molar-refractivity contribution in [2.75, 3.05) is 13.1 Å². The van der Waals surface area contributed by atoms with Crippen LogP contribution in [0.15, 0.2) is 6.20 Å². The number of rotatable bonds is 5. The molecule has 12 heavy (non-hydrogen) atoms. The molecule has 0 spiro atoms. The summed E-state index contributed by atoms with van der Waals surface area (Å²) >= 11 is 0. The number of nitrogens with zero attached hydrogens (tertiary/aromatic N) is 3. The van der Waals surface area contributed by atoms with Gasteiger partial charge in [-0.1, -0.05) is 5.21 Å². The zero-order chi connectivity index (χ0) is 8.81. The van der Waals surface area contributed by atoms with E-state index in [4.69, 9.17) is 5.73 Å². The summed E-state index contributed by atoms with van der Waals surface area (Å²) in [6, 6.07) is 0. The van der Waals surface area contributed by atoms with Crippen LogP contribution in [0.3, 0.4) is 0 Å². The molecule has 1 aromatic heterocycles. The van der Waals surface area contributed by atoms with E-state index in [1.165, 1.54) is 0 Å². The van der Waals surface area contributed by atoms with Gasteiger partial charge in [0, 0.05) is 19.8 Å². The predicted octanol–water partition coefficient (Wildman–Crippen LogP) is -0.746. The third kappa shape index (κ3) is 2.98. The van der Waals surface area contributed by atoms with E-state index in [0.29, 0.717) is 0 Å². The summed E-state index contributed by atoms with van der Waals surface area (Å²) in [6.45, 7) is 2.44. The summed E-state index contributed by atoms with van der Waals surface area (Å²) in [6.07, 6.45) is 2.90. The molecule has 0 fully saturated rings. The van der Waals surface area contributed by atoms with Crippen LogP contribution in [-0.2, 0) is 13.6 Å². The smallest absolute Gasteiger partial charge is 0.0964 e. The topological polar surface area (TPSA) is 68.8 Å². The molecule has 0 aromatic carbocycles. The van der Waals surface area contributed by atoms with Crippen LogP contribution < -0.4 is 11.1 Å². The van der Waals surface area contributed by atoms with E-state index in [2.05, 4.69) is 15.6 Å². The fourth-order valence-electron chi connectivity index (χ4n) is 0.920. The average Bonchev–Trinajstić information content (AvgIpc) is 2.45. The molecule has 0 atom stereocenters. The highest BCUT2D eigenvalue weighted by Gasteiger charge is 1.95. The van der Waals surface area contributed by atoms with E-state index >= 15 is 0 Å². The molecule has 0 amide bonds. The van der Waals surface area contributed by atoms with Crippen molar-refractivity contribution in [1.29, 1.82) is 0 Å². The largest absolute Gasteiger partial charge is 0.330 e. The molecule has 0 saturated heterocycles. The third-order valence-corrected chi connectivity index (χ3v) is 1.51. The molecule has 1 heterocycles. The Balaban J connectivity index is 2.15. The van der Waals surface area contributed by atoms with E-state index in [0.717, 1.165) is 31.7 Å². The summed E-state index contributed by atoms with van der Waals surface area (Å²) in [5.74, 6) is 0. The van der Waals surface area contributed by atoms with Gasteiger partial charge in [-0.2, -0.15) is 0 Å². The van der Waals surface area contributed by atoms with Gasteiger partial charge in [0.2, 0.25) is 0 Å². The van der Waals surface area contributed by atoms with Gasteiger partial charge in [0.15, 0.2) is 0 Å². The fourth-order valence-corrected chi connectivity index (χ4v) is 0.920. The van der Waals surface area contributed by atoms with E-state index in [9.17, 15) is 0 Å². The summed E-state index contributed by atoms with van der Waals surface area (Å²) < 4.78 is 1.69. The molecular weight excluding hydrogens is 154 g/mol. The van der Waals surface area contributed by atoms with Gasteiger partial charge in [0.05, 0.1) is 5.69 Å². The number of aryl methyl sites for hydroxylation is 1. The molecule has 5 heteroatoms. The Morgan fingerprint density at radius 3 is 3.08 bits per heavy atom. The van der Waals surface area contributed by atoms with Gasteiger partial charge < -0.3 is 11.1 Å². The highest BCUT2D eigenvalue weighted by atomic mass is 15.4. The molecule has 3 N–H and O–H groups in total. The molecule has 0 aliphatic rings. The quantitative estimate of drug-likeness (QED) is 0.569. The minimum absolute atomic E-state index is 0.730.